The molecule has 129 valence electrons. The van der Waals surface area contributed by atoms with Crippen LogP contribution in [0.3, 0.4) is 0 Å². The van der Waals surface area contributed by atoms with Gasteiger partial charge in [0.25, 0.3) is 0 Å². The third-order valence-corrected chi connectivity index (χ3v) is 6.51. The fourth-order valence-electron chi connectivity index (χ4n) is 3.17. The Morgan fingerprint density at radius 2 is 1.44 bits per heavy atom. The van der Waals surface area contributed by atoms with Gasteiger partial charge in [-0.1, -0.05) is 93.6 Å². The number of hydrogen-bond donors (Lipinski definition) is 0. The van der Waals surface area contributed by atoms with Gasteiger partial charge in [-0.3, -0.25) is 0 Å². The third kappa shape index (κ3) is 4.52. The molecule has 0 atom stereocenters. The van der Waals surface area contributed by atoms with Crippen molar-refractivity contribution in [2.45, 2.75) is 40.0 Å². The first kappa shape index (κ1) is 17.8. The lowest BCUT2D eigenvalue weighted by molar-refractivity contribution is 0.296. The molecule has 1 nitrogen and oxygen atoms in total. The van der Waals surface area contributed by atoms with Crippen molar-refractivity contribution in [1.29, 1.82) is 0 Å². The van der Waals surface area contributed by atoms with E-state index in [4.69, 9.17) is 4.43 Å². The fraction of sp³-hybridized carbons (Fsp3) is 0.304. The first-order chi connectivity index (χ1) is 12.1. The van der Waals surface area contributed by atoms with Crippen LogP contribution in [0, 0.1) is 5.41 Å². The van der Waals surface area contributed by atoms with Gasteiger partial charge in [0.2, 0.25) is 0 Å². The van der Waals surface area contributed by atoms with Crippen LogP contribution in [-0.2, 0) is 4.43 Å². The molecule has 0 aliphatic heterocycles. The summed E-state index contributed by atoms with van der Waals surface area (Å²) >= 11 is 0. The zero-order chi connectivity index (χ0) is 17.7. The average molecular weight is 348 g/mol. The lowest BCUT2D eigenvalue weighted by atomic mass is 9.87. The second-order valence-electron chi connectivity index (χ2n) is 7.56. The van der Waals surface area contributed by atoms with Gasteiger partial charge >= 0.3 is 9.04 Å². The van der Waals surface area contributed by atoms with E-state index in [9.17, 15) is 0 Å². The maximum atomic E-state index is 6.86. The van der Waals surface area contributed by atoms with Crippen molar-refractivity contribution in [2.24, 2.45) is 5.41 Å². The summed E-state index contributed by atoms with van der Waals surface area (Å²) in [5, 5.41) is 2.58. The number of benzene rings is 2. The van der Waals surface area contributed by atoms with Crippen LogP contribution in [0.5, 0.6) is 0 Å². The normalized spacial score (nSPS) is 16.8. The van der Waals surface area contributed by atoms with Crippen LogP contribution in [0.4, 0.5) is 0 Å². The SMILES string of the molecule is CC(C)(C)C(O[Si](c1ccccc1)c1ccccc1)=C1C=CCCC1. The van der Waals surface area contributed by atoms with E-state index in [0.29, 0.717) is 0 Å². The van der Waals surface area contributed by atoms with E-state index in [1.165, 1.54) is 28.8 Å². The molecule has 2 heteroatoms. The molecule has 0 fully saturated rings. The highest BCUT2D eigenvalue weighted by Gasteiger charge is 2.29. The zero-order valence-electron chi connectivity index (χ0n) is 15.5. The Bertz CT molecular complexity index is 699. The molecule has 2 aromatic carbocycles. The van der Waals surface area contributed by atoms with E-state index in [0.717, 1.165) is 12.2 Å². The maximum absolute atomic E-state index is 6.86. The van der Waals surface area contributed by atoms with Gasteiger partial charge in [0.05, 0.1) is 5.76 Å². The van der Waals surface area contributed by atoms with Crippen LogP contribution in [0.2, 0.25) is 0 Å². The Labute approximate surface area is 153 Å². The van der Waals surface area contributed by atoms with Gasteiger partial charge < -0.3 is 4.43 Å². The minimum atomic E-state index is -1.32. The van der Waals surface area contributed by atoms with Crippen molar-refractivity contribution in [1.82, 2.24) is 0 Å². The number of hydrogen-bond acceptors (Lipinski definition) is 1. The molecule has 0 bridgehead atoms. The van der Waals surface area contributed by atoms with E-state index in [-0.39, 0.29) is 5.41 Å². The Morgan fingerprint density at radius 1 is 0.880 bits per heavy atom. The van der Waals surface area contributed by atoms with Crippen molar-refractivity contribution >= 4 is 19.4 Å². The van der Waals surface area contributed by atoms with Crippen LogP contribution in [0.15, 0.2) is 84.1 Å². The van der Waals surface area contributed by atoms with Crippen molar-refractivity contribution in [3.05, 3.63) is 84.1 Å². The topological polar surface area (TPSA) is 9.23 Å². The largest absolute Gasteiger partial charge is 0.535 e. The predicted octanol–water partition coefficient (Wildman–Crippen LogP) is 4.85. The first-order valence-electron chi connectivity index (χ1n) is 9.11. The van der Waals surface area contributed by atoms with E-state index in [1.54, 1.807) is 0 Å². The third-order valence-electron chi connectivity index (χ3n) is 4.38. The van der Waals surface area contributed by atoms with Crippen LogP contribution < -0.4 is 10.4 Å². The molecule has 0 aromatic heterocycles. The molecule has 0 heterocycles. The van der Waals surface area contributed by atoms with Crippen LogP contribution >= 0.6 is 0 Å². The van der Waals surface area contributed by atoms with E-state index >= 15 is 0 Å². The second kappa shape index (κ2) is 7.88. The average Bonchev–Trinajstić information content (AvgIpc) is 2.63. The van der Waals surface area contributed by atoms with Crippen LogP contribution in [0.25, 0.3) is 0 Å². The summed E-state index contributed by atoms with van der Waals surface area (Å²) in [4.78, 5) is 0. The summed E-state index contributed by atoms with van der Waals surface area (Å²) in [7, 11) is -1.32. The Hall–Kier alpha value is -2.06. The summed E-state index contributed by atoms with van der Waals surface area (Å²) in [6.45, 7) is 6.77. The molecule has 0 saturated heterocycles. The van der Waals surface area contributed by atoms with Gasteiger partial charge in [0.1, 0.15) is 0 Å². The Balaban J connectivity index is 2.04. The monoisotopic (exact) mass is 347 g/mol. The molecule has 1 aliphatic carbocycles. The smallest absolute Gasteiger partial charge is 0.352 e. The van der Waals surface area contributed by atoms with Crippen molar-refractivity contribution in [3.8, 4) is 0 Å². The predicted molar refractivity (Wildman–Crippen MR) is 108 cm³/mol. The summed E-state index contributed by atoms with van der Waals surface area (Å²) in [6, 6.07) is 21.4. The molecular formula is C23H27OSi. The molecular weight excluding hydrogens is 320 g/mol. The highest BCUT2D eigenvalue weighted by atomic mass is 28.3. The van der Waals surface area contributed by atoms with Crippen LogP contribution in [0.1, 0.15) is 40.0 Å². The van der Waals surface area contributed by atoms with E-state index in [1.807, 2.05) is 0 Å². The highest BCUT2D eigenvalue weighted by Crippen LogP contribution is 2.33. The quantitative estimate of drug-likeness (QED) is 0.567. The van der Waals surface area contributed by atoms with E-state index in [2.05, 4.69) is 93.6 Å². The van der Waals surface area contributed by atoms with Crippen molar-refractivity contribution in [3.63, 3.8) is 0 Å². The summed E-state index contributed by atoms with van der Waals surface area (Å²) in [5.41, 5.74) is 1.37. The molecule has 2 aromatic rings. The summed E-state index contributed by atoms with van der Waals surface area (Å²) in [5.74, 6) is 1.16. The van der Waals surface area contributed by atoms with Crippen molar-refractivity contribution < 1.29 is 4.43 Å². The molecule has 1 aliphatic rings. The second-order valence-corrected chi connectivity index (χ2v) is 9.58. The molecule has 0 saturated carbocycles. The molecule has 1 radical (unpaired) electrons. The number of allylic oxidation sites excluding steroid dienone is 4. The summed E-state index contributed by atoms with van der Waals surface area (Å²) in [6.07, 6.45) is 8.07. The van der Waals surface area contributed by atoms with Gasteiger partial charge in [-0.05, 0) is 35.2 Å². The Morgan fingerprint density at radius 3 is 1.88 bits per heavy atom. The zero-order valence-corrected chi connectivity index (χ0v) is 16.5. The van der Waals surface area contributed by atoms with Gasteiger partial charge in [-0.15, -0.1) is 0 Å². The van der Waals surface area contributed by atoms with Gasteiger partial charge in [-0.25, -0.2) is 0 Å². The van der Waals surface area contributed by atoms with Gasteiger partial charge in [-0.2, -0.15) is 0 Å². The molecule has 0 amide bonds. The van der Waals surface area contributed by atoms with Crippen molar-refractivity contribution in [2.75, 3.05) is 0 Å². The molecule has 0 spiro atoms. The fourth-order valence-corrected chi connectivity index (χ4v) is 5.38. The minimum absolute atomic E-state index is 0.00348. The maximum Gasteiger partial charge on any atom is 0.352 e. The highest BCUT2D eigenvalue weighted by molar-refractivity contribution is 6.80. The summed E-state index contributed by atoms with van der Waals surface area (Å²) < 4.78 is 6.86. The van der Waals surface area contributed by atoms with E-state index < -0.39 is 9.04 Å². The number of rotatable bonds is 4. The lowest BCUT2D eigenvalue weighted by Gasteiger charge is -2.31. The Kier molecular flexibility index (Phi) is 5.59. The van der Waals surface area contributed by atoms with Gasteiger partial charge in [0.15, 0.2) is 0 Å². The molecule has 25 heavy (non-hydrogen) atoms. The standard InChI is InChI=1S/C23H27OSi/c1-23(2,3)22(19-13-7-4-8-14-19)24-25(20-15-9-5-10-16-20)21-17-11-6-12-18-21/h5-7,9-13,15-18H,4,8,14H2,1-3H3. The first-order valence-corrected chi connectivity index (χ1v) is 10.5. The minimum Gasteiger partial charge on any atom is -0.535 e. The lowest BCUT2D eigenvalue weighted by Crippen LogP contribution is -2.46. The molecule has 3 rings (SSSR count). The molecule has 0 unspecified atom stereocenters. The van der Waals surface area contributed by atoms with Crippen LogP contribution in [-0.4, -0.2) is 9.04 Å². The van der Waals surface area contributed by atoms with Gasteiger partial charge in [0, 0.05) is 5.41 Å². The molecule has 0 N–H and O–H groups in total.